The minimum Gasteiger partial charge on any atom is -0.484 e. The van der Waals surface area contributed by atoms with Crippen LogP contribution in [0, 0.1) is 10.1 Å². The van der Waals surface area contributed by atoms with Gasteiger partial charge in [-0.2, -0.15) is 0 Å². The molecule has 0 aliphatic heterocycles. The zero-order valence-corrected chi connectivity index (χ0v) is 11.0. The van der Waals surface area contributed by atoms with Gasteiger partial charge < -0.3 is 9.84 Å². The van der Waals surface area contributed by atoms with Crippen molar-refractivity contribution in [2.45, 2.75) is 31.3 Å². The number of nitro benzene ring substituents is 1. The second-order valence-corrected chi connectivity index (χ2v) is 5.07. The molecule has 0 saturated heterocycles. The number of benzene rings is 1. The van der Waals surface area contributed by atoms with Crippen LogP contribution in [0.2, 0.25) is 0 Å². The van der Waals surface area contributed by atoms with Gasteiger partial charge in [-0.15, -0.1) is 0 Å². The number of nitrogens with zero attached hydrogens (tertiary/aromatic N) is 1. The van der Waals surface area contributed by atoms with E-state index in [9.17, 15) is 20.0 Å². The molecule has 0 bridgehead atoms. The molecule has 0 amide bonds. The van der Waals surface area contributed by atoms with E-state index in [0.717, 1.165) is 12.8 Å². The maximum Gasteiger partial charge on any atom is 0.327 e. The number of hydrogen-bond acceptors (Lipinski definition) is 5. The summed E-state index contributed by atoms with van der Waals surface area (Å²) in [4.78, 5) is 21.7. The van der Waals surface area contributed by atoms with Gasteiger partial charge in [-0.1, -0.05) is 12.1 Å². The van der Waals surface area contributed by atoms with Crippen molar-refractivity contribution in [2.75, 3.05) is 6.61 Å². The fourth-order valence-electron chi connectivity index (χ4n) is 1.80. The highest BCUT2D eigenvalue weighted by molar-refractivity contribution is 5.78. The van der Waals surface area contributed by atoms with Crippen molar-refractivity contribution in [1.82, 2.24) is 5.32 Å². The maximum absolute atomic E-state index is 11.3. The van der Waals surface area contributed by atoms with Crippen molar-refractivity contribution < 1.29 is 19.6 Å². The summed E-state index contributed by atoms with van der Waals surface area (Å²) in [5.41, 5.74) is -1.43. The molecule has 20 heavy (non-hydrogen) atoms. The van der Waals surface area contributed by atoms with Crippen LogP contribution in [-0.4, -0.2) is 34.2 Å². The molecule has 0 spiro atoms. The van der Waals surface area contributed by atoms with Crippen LogP contribution in [0.3, 0.4) is 0 Å². The predicted molar refractivity (Wildman–Crippen MR) is 70.8 cm³/mol. The monoisotopic (exact) mass is 280 g/mol. The lowest BCUT2D eigenvalue weighted by Crippen LogP contribution is -2.54. The van der Waals surface area contributed by atoms with E-state index in [1.165, 1.54) is 25.1 Å². The number of carbonyl (C=O) groups is 1. The Morgan fingerprint density at radius 1 is 1.55 bits per heavy atom. The lowest BCUT2D eigenvalue weighted by Gasteiger charge is -2.26. The molecule has 108 valence electrons. The van der Waals surface area contributed by atoms with Crippen LogP contribution < -0.4 is 10.1 Å². The molecular formula is C13H16N2O5. The summed E-state index contributed by atoms with van der Waals surface area (Å²) in [6.07, 6.45) is 1.88. The molecule has 2 N–H and O–H groups in total. The molecular weight excluding hydrogens is 264 g/mol. The zero-order valence-electron chi connectivity index (χ0n) is 11.0. The molecule has 0 heterocycles. The summed E-state index contributed by atoms with van der Waals surface area (Å²) in [5.74, 6) is -0.967. The smallest absolute Gasteiger partial charge is 0.327 e. The third-order valence-electron chi connectivity index (χ3n) is 3.15. The lowest BCUT2D eigenvalue weighted by molar-refractivity contribution is -0.385. The Morgan fingerprint density at radius 3 is 2.75 bits per heavy atom. The van der Waals surface area contributed by atoms with Crippen molar-refractivity contribution in [3.8, 4) is 5.75 Å². The van der Waals surface area contributed by atoms with Gasteiger partial charge in [0.2, 0.25) is 0 Å². The van der Waals surface area contributed by atoms with E-state index in [4.69, 9.17) is 4.74 Å². The van der Waals surface area contributed by atoms with Gasteiger partial charge in [0.25, 0.3) is 0 Å². The van der Waals surface area contributed by atoms with Crippen LogP contribution in [0.15, 0.2) is 24.3 Å². The van der Waals surface area contributed by atoms with Crippen LogP contribution >= 0.6 is 0 Å². The molecule has 1 aliphatic carbocycles. The molecule has 1 aromatic rings. The van der Waals surface area contributed by atoms with E-state index in [0.29, 0.717) is 0 Å². The Kier molecular flexibility index (Phi) is 3.89. The number of hydrogen-bond donors (Lipinski definition) is 2. The molecule has 0 radical (unpaired) electrons. The third-order valence-corrected chi connectivity index (χ3v) is 3.15. The standard InChI is InChI=1S/C13H16N2O5/c1-13(12(16)17,14-9-6-7-9)8-20-11-5-3-2-4-10(11)15(18)19/h2-5,9,14H,6-8H2,1H3,(H,16,17). The summed E-state index contributed by atoms with van der Waals surface area (Å²) in [6.45, 7) is 1.34. The first-order chi connectivity index (χ1) is 9.42. The van der Waals surface area contributed by atoms with Gasteiger partial charge in [0.15, 0.2) is 5.75 Å². The van der Waals surface area contributed by atoms with Crippen LogP contribution in [0.25, 0.3) is 0 Å². The Morgan fingerprint density at radius 2 is 2.20 bits per heavy atom. The van der Waals surface area contributed by atoms with Crippen LogP contribution in [0.1, 0.15) is 19.8 Å². The third kappa shape index (κ3) is 3.24. The van der Waals surface area contributed by atoms with Gasteiger partial charge in [0.1, 0.15) is 12.1 Å². The first-order valence-electron chi connectivity index (χ1n) is 6.30. The highest BCUT2D eigenvalue weighted by Gasteiger charge is 2.39. The summed E-state index contributed by atoms with van der Waals surface area (Å²) in [5, 5.41) is 23.1. The fourth-order valence-corrected chi connectivity index (χ4v) is 1.80. The Balaban J connectivity index is 2.09. The minimum atomic E-state index is -1.26. The maximum atomic E-state index is 11.3. The van der Waals surface area contributed by atoms with Crippen LogP contribution in [0.4, 0.5) is 5.69 Å². The highest BCUT2D eigenvalue weighted by atomic mass is 16.6. The quantitative estimate of drug-likeness (QED) is 0.580. The number of aliphatic carboxylic acids is 1. The van der Waals surface area contributed by atoms with Crippen LogP contribution in [-0.2, 0) is 4.79 Å². The number of para-hydroxylation sites is 2. The zero-order chi connectivity index (χ0) is 14.8. The van der Waals surface area contributed by atoms with Crippen molar-refractivity contribution in [3.05, 3.63) is 34.4 Å². The highest BCUT2D eigenvalue weighted by Crippen LogP contribution is 2.28. The van der Waals surface area contributed by atoms with Gasteiger partial charge in [0.05, 0.1) is 4.92 Å². The molecule has 1 saturated carbocycles. The second kappa shape index (κ2) is 5.46. The van der Waals surface area contributed by atoms with E-state index in [1.54, 1.807) is 6.07 Å². The summed E-state index contributed by atoms with van der Waals surface area (Å²) >= 11 is 0. The summed E-state index contributed by atoms with van der Waals surface area (Å²) < 4.78 is 5.37. The molecule has 7 heteroatoms. The van der Waals surface area contributed by atoms with Gasteiger partial charge >= 0.3 is 11.7 Å². The SMILES string of the molecule is CC(COc1ccccc1[N+](=O)[O-])(NC1CC1)C(=O)O. The largest absolute Gasteiger partial charge is 0.484 e. The van der Waals surface area contributed by atoms with Crippen molar-refractivity contribution in [3.63, 3.8) is 0 Å². The fraction of sp³-hybridized carbons (Fsp3) is 0.462. The van der Waals surface area contributed by atoms with Crippen molar-refractivity contribution >= 4 is 11.7 Å². The topological polar surface area (TPSA) is 102 Å². The van der Waals surface area contributed by atoms with E-state index < -0.39 is 16.4 Å². The van der Waals surface area contributed by atoms with E-state index in [2.05, 4.69) is 5.32 Å². The summed E-state index contributed by atoms with van der Waals surface area (Å²) in [6, 6.07) is 6.10. The van der Waals surface area contributed by atoms with Gasteiger partial charge in [-0.3, -0.25) is 20.2 Å². The molecule has 1 unspecified atom stereocenters. The molecule has 1 atom stereocenters. The molecule has 1 fully saturated rings. The number of rotatable bonds is 7. The first-order valence-corrected chi connectivity index (χ1v) is 6.30. The van der Waals surface area contributed by atoms with Gasteiger partial charge in [-0.05, 0) is 25.8 Å². The van der Waals surface area contributed by atoms with E-state index in [1.807, 2.05) is 0 Å². The Bertz CT molecular complexity index is 529. The van der Waals surface area contributed by atoms with Crippen LogP contribution in [0.5, 0.6) is 5.75 Å². The van der Waals surface area contributed by atoms with Gasteiger partial charge in [-0.25, -0.2) is 0 Å². The number of carboxylic acid groups (broad SMARTS) is 1. The van der Waals surface area contributed by atoms with E-state index in [-0.39, 0.29) is 24.1 Å². The normalized spacial score (nSPS) is 17.2. The molecule has 7 nitrogen and oxygen atoms in total. The van der Waals surface area contributed by atoms with Gasteiger partial charge in [0, 0.05) is 12.1 Å². The van der Waals surface area contributed by atoms with Crippen molar-refractivity contribution in [1.29, 1.82) is 0 Å². The van der Waals surface area contributed by atoms with Crippen molar-refractivity contribution in [2.24, 2.45) is 0 Å². The Hall–Kier alpha value is -2.15. The number of nitro groups is 1. The summed E-state index contributed by atoms with van der Waals surface area (Å²) in [7, 11) is 0. The lowest BCUT2D eigenvalue weighted by atomic mass is 10.0. The first kappa shape index (κ1) is 14.3. The minimum absolute atomic E-state index is 0.0718. The predicted octanol–water partition coefficient (Wildman–Crippen LogP) is 1.57. The molecule has 1 aromatic carbocycles. The Labute approximate surface area is 115 Å². The average Bonchev–Trinajstić information content (AvgIpc) is 3.20. The number of nitrogens with one attached hydrogen (secondary N) is 1. The number of carboxylic acids is 1. The molecule has 0 aromatic heterocycles. The second-order valence-electron chi connectivity index (χ2n) is 5.07. The average molecular weight is 280 g/mol. The molecule has 2 rings (SSSR count). The molecule has 1 aliphatic rings. The number of ether oxygens (including phenoxy) is 1. The van der Waals surface area contributed by atoms with E-state index >= 15 is 0 Å².